The summed E-state index contributed by atoms with van der Waals surface area (Å²) < 4.78 is 13.2. The van der Waals surface area contributed by atoms with E-state index in [-0.39, 0.29) is 11.7 Å². The third-order valence-corrected chi connectivity index (χ3v) is 4.85. The van der Waals surface area contributed by atoms with Crippen molar-refractivity contribution in [1.82, 2.24) is 9.97 Å². The summed E-state index contributed by atoms with van der Waals surface area (Å²) in [4.78, 5) is 21.2. The van der Waals surface area contributed by atoms with Gasteiger partial charge in [0, 0.05) is 11.8 Å². The molecule has 7 heteroatoms. The van der Waals surface area contributed by atoms with Crippen LogP contribution in [0.4, 0.5) is 15.9 Å². The lowest BCUT2D eigenvalue weighted by Crippen LogP contribution is -2.12. The molecule has 0 aliphatic rings. The normalized spacial score (nSPS) is 10.5. The Morgan fingerprint density at radius 1 is 0.935 bits per heavy atom. The zero-order valence-corrected chi connectivity index (χ0v) is 17.1. The number of rotatable bonds is 6. The van der Waals surface area contributed by atoms with Gasteiger partial charge in [0.05, 0.1) is 29.1 Å². The number of amides is 1. The van der Waals surface area contributed by atoms with Crippen LogP contribution in [0.2, 0.25) is 5.02 Å². The van der Waals surface area contributed by atoms with Crippen molar-refractivity contribution in [2.24, 2.45) is 0 Å². The molecule has 0 atom stereocenters. The van der Waals surface area contributed by atoms with E-state index in [0.717, 1.165) is 16.8 Å². The van der Waals surface area contributed by atoms with Gasteiger partial charge in [0.15, 0.2) is 0 Å². The van der Waals surface area contributed by atoms with Gasteiger partial charge in [-0.2, -0.15) is 0 Å². The Bertz CT molecular complexity index is 1200. The van der Waals surface area contributed by atoms with Gasteiger partial charge in [0.1, 0.15) is 11.6 Å². The van der Waals surface area contributed by atoms with Gasteiger partial charge >= 0.3 is 0 Å². The first kappa shape index (κ1) is 20.5. The molecule has 0 aliphatic heterocycles. The summed E-state index contributed by atoms with van der Waals surface area (Å²) in [5.74, 6) is -0.0976. The summed E-state index contributed by atoms with van der Waals surface area (Å²) in [5, 5.41) is 6.31. The maximum absolute atomic E-state index is 13.2. The van der Waals surface area contributed by atoms with Crippen molar-refractivity contribution >= 4 is 29.0 Å². The van der Waals surface area contributed by atoms with E-state index in [2.05, 4.69) is 20.6 Å². The van der Waals surface area contributed by atoms with Crippen LogP contribution in [0.15, 0.2) is 85.2 Å². The Balaban J connectivity index is 1.44. The minimum atomic E-state index is -0.306. The van der Waals surface area contributed by atoms with Crippen LogP contribution < -0.4 is 10.6 Å². The number of nitrogens with zero attached hydrogens (tertiary/aromatic N) is 2. The highest BCUT2D eigenvalue weighted by Crippen LogP contribution is 2.25. The number of hydrogen-bond acceptors (Lipinski definition) is 4. The first-order valence-corrected chi connectivity index (χ1v) is 9.93. The summed E-state index contributed by atoms with van der Waals surface area (Å²) >= 11 is 6.32. The monoisotopic (exact) mass is 432 g/mol. The molecule has 2 aromatic heterocycles. The molecule has 2 N–H and O–H groups in total. The van der Waals surface area contributed by atoms with Crippen LogP contribution in [0, 0.1) is 5.82 Å². The first-order chi connectivity index (χ1) is 15.1. The highest BCUT2D eigenvalue weighted by Gasteiger charge is 2.10. The standard InChI is InChI=1S/C24H18ClFN4O/c25-22-13-21(15-29-23(22)28-14-20-6-1-2-11-27-20)30-24(31)18-5-3-4-17(12-18)16-7-9-19(26)10-8-16/h1-13,15H,14H2,(H,28,29)(H,30,31). The zero-order valence-electron chi connectivity index (χ0n) is 16.3. The van der Waals surface area contributed by atoms with Gasteiger partial charge in [0.2, 0.25) is 0 Å². The molecule has 1 amide bonds. The van der Waals surface area contributed by atoms with Crippen molar-refractivity contribution in [3.05, 3.63) is 107 Å². The number of aromatic nitrogens is 2. The van der Waals surface area contributed by atoms with Crippen molar-refractivity contribution in [2.75, 3.05) is 10.6 Å². The van der Waals surface area contributed by atoms with Crippen LogP contribution in [-0.4, -0.2) is 15.9 Å². The second-order valence-corrected chi connectivity index (χ2v) is 7.18. The largest absolute Gasteiger partial charge is 0.363 e. The second-order valence-electron chi connectivity index (χ2n) is 6.77. The van der Waals surface area contributed by atoms with Crippen molar-refractivity contribution in [3.8, 4) is 11.1 Å². The molecule has 154 valence electrons. The van der Waals surface area contributed by atoms with E-state index < -0.39 is 0 Å². The SMILES string of the molecule is O=C(Nc1cnc(NCc2ccccn2)c(Cl)c1)c1cccc(-c2ccc(F)cc2)c1. The molecule has 0 unspecified atom stereocenters. The molecule has 0 aliphatic carbocycles. The number of anilines is 2. The average Bonchev–Trinajstić information content (AvgIpc) is 2.80. The van der Waals surface area contributed by atoms with Gasteiger partial charge in [-0.05, 0) is 53.6 Å². The molecule has 0 radical (unpaired) electrons. The predicted molar refractivity (Wildman–Crippen MR) is 121 cm³/mol. The van der Waals surface area contributed by atoms with Crippen LogP contribution in [0.3, 0.4) is 0 Å². The number of nitrogens with one attached hydrogen (secondary N) is 2. The Labute approximate surface area is 184 Å². The van der Waals surface area contributed by atoms with Crippen molar-refractivity contribution in [3.63, 3.8) is 0 Å². The lowest BCUT2D eigenvalue weighted by Gasteiger charge is -2.10. The molecule has 0 bridgehead atoms. The molecule has 5 nitrogen and oxygen atoms in total. The van der Waals surface area contributed by atoms with Gasteiger partial charge in [-0.3, -0.25) is 9.78 Å². The van der Waals surface area contributed by atoms with E-state index in [0.29, 0.717) is 28.6 Å². The van der Waals surface area contributed by atoms with Crippen LogP contribution in [0.25, 0.3) is 11.1 Å². The summed E-state index contributed by atoms with van der Waals surface area (Å²) in [5.41, 5.74) is 3.45. The van der Waals surface area contributed by atoms with E-state index in [1.807, 2.05) is 24.3 Å². The van der Waals surface area contributed by atoms with Crippen molar-refractivity contribution in [2.45, 2.75) is 6.54 Å². The molecular formula is C24H18ClFN4O. The van der Waals surface area contributed by atoms with E-state index >= 15 is 0 Å². The van der Waals surface area contributed by atoms with Crippen LogP contribution in [0.5, 0.6) is 0 Å². The van der Waals surface area contributed by atoms with E-state index in [1.54, 1.807) is 42.6 Å². The Kier molecular flexibility index (Phi) is 6.19. The molecule has 0 spiro atoms. The van der Waals surface area contributed by atoms with E-state index in [4.69, 9.17) is 11.6 Å². The second kappa shape index (κ2) is 9.36. The minimum absolute atomic E-state index is 0.295. The number of carbonyl (C=O) groups excluding carboxylic acids is 1. The topological polar surface area (TPSA) is 66.9 Å². The number of benzene rings is 2. The highest BCUT2D eigenvalue weighted by atomic mass is 35.5. The van der Waals surface area contributed by atoms with Gasteiger partial charge in [-0.25, -0.2) is 9.37 Å². The van der Waals surface area contributed by atoms with Crippen LogP contribution in [0.1, 0.15) is 16.1 Å². The predicted octanol–water partition coefficient (Wildman–Crippen LogP) is 5.80. The Morgan fingerprint density at radius 3 is 2.52 bits per heavy atom. The number of carbonyl (C=O) groups is 1. The lowest BCUT2D eigenvalue weighted by molar-refractivity contribution is 0.102. The average molecular weight is 433 g/mol. The zero-order chi connectivity index (χ0) is 21.6. The van der Waals surface area contributed by atoms with Gasteiger partial charge < -0.3 is 10.6 Å². The summed E-state index contributed by atoms with van der Waals surface area (Å²) in [6, 6.07) is 20.5. The molecule has 0 saturated heterocycles. The maximum atomic E-state index is 13.2. The molecule has 2 aromatic carbocycles. The number of hydrogen-bond donors (Lipinski definition) is 2. The Morgan fingerprint density at radius 2 is 1.77 bits per heavy atom. The fourth-order valence-electron chi connectivity index (χ4n) is 3.00. The molecule has 2 heterocycles. The van der Waals surface area contributed by atoms with E-state index in [1.165, 1.54) is 18.3 Å². The Hall–Kier alpha value is -3.77. The van der Waals surface area contributed by atoms with Crippen LogP contribution in [-0.2, 0) is 6.54 Å². The van der Waals surface area contributed by atoms with Crippen molar-refractivity contribution in [1.29, 1.82) is 0 Å². The smallest absolute Gasteiger partial charge is 0.255 e. The fourth-order valence-corrected chi connectivity index (χ4v) is 3.23. The quantitative estimate of drug-likeness (QED) is 0.404. The molecular weight excluding hydrogens is 415 g/mol. The van der Waals surface area contributed by atoms with Crippen molar-refractivity contribution < 1.29 is 9.18 Å². The first-order valence-electron chi connectivity index (χ1n) is 9.55. The lowest BCUT2D eigenvalue weighted by atomic mass is 10.0. The summed E-state index contributed by atoms with van der Waals surface area (Å²) in [7, 11) is 0. The highest BCUT2D eigenvalue weighted by molar-refractivity contribution is 6.33. The van der Waals surface area contributed by atoms with Crippen LogP contribution >= 0.6 is 11.6 Å². The van der Waals surface area contributed by atoms with Gasteiger partial charge in [-0.15, -0.1) is 0 Å². The third-order valence-electron chi connectivity index (χ3n) is 4.56. The minimum Gasteiger partial charge on any atom is -0.363 e. The fraction of sp³-hybridized carbons (Fsp3) is 0.0417. The molecule has 4 rings (SSSR count). The van der Waals surface area contributed by atoms with Gasteiger partial charge in [0.25, 0.3) is 5.91 Å². The molecule has 31 heavy (non-hydrogen) atoms. The van der Waals surface area contributed by atoms with Gasteiger partial charge in [-0.1, -0.05) is 41.9 Å². The molecule has 0 saturated carbocycles. The molecule has 4 aromatic rings. The van der Waals surface area contributed by atoms with E-state index in [9.17, 15) is 9.18 Å². The number of pyridine rings is 2. The summed E-state index contributed by atoms with van der Waals surface area (Å²) in [6.45, 7) is 0.482. The third kappa shape index (κ3) is 5.24. The summed E-state index contributed by atoms with van der Waals surface area (Å²) in [6.07, 6.45) is 3.25. The maximum Gasteiger partial charge on any atom is 0.255 e. The number of halogens is 2. The molecule has 0 fully saturated rings.